The van der Waals surface area contributed by atoms with Gasteiger partial charge in [-0.2, -0.15) is 5.10 Å². The number of aromatic nitrogens is 2. The molecule has 0 aliphatic heterocycles. The van der Waals surface area contributed by atoms with Gasteiger partial charge in [0.15, 0.2) is 0 Å². The average molecular weight is 280 g/mol. The molecule has 84 valence electrons. The molecule has 2 aromatic rings. The molecule has 0 radical (unpaired) electrons. The Balaban J connectivity index is 2.33. The van der Waals surface area contributed by atoms with Gasteiger partial charge in [-0.05, 0) is 30.7 Å². The zero-order valence-corrected chi connectivity index (χ0v) is 10.7. The highest BCUT2D eigenvalue weighted by molar-refractivity contribution is 9.10. The first-order chi connectivity index (χ1) is 7.66. The summed E-state index contributed by atoms with van der Waals surface area (Å²) in [7, 11) is 0. The second kappa shape index (κ2) is 4.80. The molecule has 1 unspecified atom stereocenters. The Morgan fingerprint density at radius 3 is 2.62 bits per heavy atom. The Labute approximate surface area is 103 Å². The molecule has 0 bridgehead atoms. The van der Waals surface area contributed by atoms with Gasteiger partial charge in [0, 0.05) is 16.7 Å². The molecule has 0 aliphatic carbocycles. The summed E-state index contributed by atoms with van der Waals surface area (Å²) in [5, 5.41) is 4.28. The van der Waals surface area contributed by atoms with Crippen molar-refractivity contribution in [2.45, 2.75) is 19.5 Å². The molecule has 1 atom stereocenters. The van der Waals surface area contributed by atoms with Crippen LogP contribution in [0.15, 0.2) is 41.0 Å². The molecular formula is C12H14BrN3. The van der Waals surface area contributed by atoms with Crippen molar-refractivity contribution >= 4 is 15.9 Å². The molecule has 0 aliphatic rings. The lowest BCUT2D eigenvalue weighted by Gasteiger charge is -2.10. The van der Waals surface area contributed by atoms with Gasteiger partial charge in [-0.25, -0.2) is 0 Å². The molecule has 1 heterocycles. The van der Waals surface area contributed by atoms with Crippen molar-refractivity contribution in [1.29, 1.82) is 0 Å². The highest BCUT2D eigenvalue weighted by atomic mass is 79.9. The van der Waals surface area contributed by atoms with Crippen molar-refractivity contribution in [2.24, 2.45) is 5.73 Å². The second-order valence-electron chi connectivity index (χ2n) is 3.88. The number of nitrogens with two attached hydrogens (primary N) is 1. The first-order valence-corrected chi connectivity index (χ1v) is 5.99. The van der Waals surface area contributed by atoms with Gasteiger partial charge in [0.05, 0.1) is 12.2 Å². The molecule has 0 saturated carbocycles. The SMILES string of the molecule is CC(N)Cn1nccc1-c1ccc(Br)cc1. The summed E-state index contributed by atoms with van der Waals surface area (Å²) in [4.78, 5) is 0. The van der Waals surface area contributed by atoms with Crippen molar-refractivity contribution in [3.05, 3.63) is 41.0 Å². The largest absolute Gasteiger partial charge is 0.326 e. The van der Waals surface area contributed by atoms with E-state index in [9.17, 15) is 0 Å². The van der Waals surface area contributed by atoms with Crippen LogP contribution in [-0.4, -0.2) is 15.8 Å². The van der Waals surface area contributed by atoms with E-state index in [1.807, 2.05) is 29.8 Å². The first-order valence-electron chi connectivity index (χ1n) is 5.20. The van der Waals surface area contributed by atoms with E-state index in [1.165, 1.54) is 0 Å². The summed E-state index contributed by atoms with van der Waals surface area (Å²) in [6, 6.07) is 10.3. The molecule has 2 rings (SSSR count). The lowest BCUT2D eigenvalue weighted by Crippen LogP contribution is -2.23. The van der Waals surface area contributed by atoms with Crippen molar-refractivity contribution < 1.29 is 0 Å². The Morgan fingerprint density at radius 1 is 1.31 bits per heavy atom. The maximum Gasteiger partial charge on any atom is 0.0682 e. The maximum atomic E-state index is 5.79. The number of halogens is 1. The van der Waals surface area contributed by atoms with E-state index in [-0.39, 0.29) is 6.04 Å². The van der Waals surface area contributed by atoms with Gasteiger partial charge in [0.1, 0.15) is 0 Å². The van der Waals surface area contributed by atoms with Crippen LogP contribution in [-0.2, 0) is 6.54 Å². The van der Waals surface area contributed by atoms with E-state index in [2.05, 4.69) is 33.2 Å². The summed E-state index contributed by atoms with van der Waals surface area (Å²) >= 11 is 3.43. The number of hydrogen-bond acceptors (Lipinski definition) is 2. The number of nitrogens with zero attached hydrogens (tertiary/aromatic N) is 2. The Morgan fingerprint density at radius 2 is 2.00 bits per heavy atom. The van der Waals surface area contributed by atoms with Gasteiger partial charge in [-0.15, -0.1) is 0 Å². The smallest absolute Gasteiger partial charge is 0.0682 e. The van der Waals surface area contributed by atoms with Gasteiger partial charge in [0.25, 0.3) is 0 Å². The van der Waals surface area contributed by atoms with E-state index >= 15 is 0 Å². The van der Waals surface area contributed by atoms with Crippen molar-refractivity contribution in [3.63, 3.8) is 0 Å². The molecule has 2 N–H and O–H groups in total. The first kappa shape index (κ1) is 11.4. The molecule has 16 heavy (non-hydrogen) atoms. The Kier molecular flexibility index (Phi) is 3.41. The molecule has 0 fully saturated rings. The van der Waals surface area contributed by atoms with Gasteiger partial charge in [-0.3, -0.25) is 4.68 Å². The van der Waals surface area contributed by atoms with E-state index in [0.29, 0.717) is 0 Å². The third kappa shape index (κ3) is 2.51. The van der Waals surface area contributed by atoms with Crippen LogP contribution in [0.1, 0.15) is 6.92 Å². The number of hydrogen-bond donors (Lipinski definition) is 1. The third-order valence-corrected chi connectivity index (χ3v) is 2.85. The molecule has 1 aromatic carbocycles. The molecule has 3 nitrogen and oxygen atoms in total. The minimum atomic E-state index is 0.106. The van der Waals surface area contributed by atoms with E-state index in [0.717, 1.165) is 22.3 Å². The van der Waals surface area contributed by atoms with Gasteiger partial charge in [-0.1, -0.05) is 28.1 Å². The van der Waals surface area contributed by atoms with E-state index < -0.39 is 0 Å². The highest BCUT2D eigenvalue weighted by Gasteiger charge is 2.06. The fourth-order valence-electron chi connectivity index (χ4n) is 1.62. The maximum absolute atomic E-state index is 5.79. The monoisotopic (exact) mass is 279 g/mol. The van der Waals surface area contributed by atoms with E-state index in [1.54, 1.807) is 6.20 Å². The summed E-state index contributed by atoms with van der Waals surface area (Å²) in [6.07, 6.45) is 1.81. The van der Waals surface area contributed by atoms with Crippen molar-refractivity contribution in [2.75, 3.05) is 0 Å². The average Bonchev–Trinajstić information content (AvgIpc) is 2.66. The fraction of sp³-hybridized carbons (Fsp3) is 0.250. The van der Waals surface area contributed by atoms with Gasteiger partial charge < -0.3 is 5.73 Å². The second-order valence-corrected chi connectivity index (χ2v) is 4.80. The predicted octanol–water partition coefficient (Wildman–Crippen LogP) is 2.66. The Bertz CT molecular complexity index is 459. The molecule has 0 amide bonds. The third-order valence-electron chi connectivity index (χ3n) is 2.32. The normalized spacial score (nSPS) is 12.7. The van der Waals surface area contributed by atoms with Crippen LogP contribution in [0.25, 0.3) is 11.3 Å². The summed E-state index contributed by atoms with van der Waals surface area (Å²) in [6.45, 7) is 2.71. The van der Waals surface area contributed by atoms with Crippen molar-refractivity contribution in [1.82, 2.24) is 9.78 Å². The summed E-state index contributed by atoms with van der Waals surface area (Å²) in [5.74, 6) is 0. The lowest BCUT2D eigenvalue weighted by atomic mass is 10.1. The lowest BCUT2D eigenvalue weighted by molar-refractivity contribution is 0.543. The van der Waals surface area contributed by atoms with Gasteiger partial charge in [0.2, 0.25) is 0 Å². The minimum Gasteiger partial charge on any atom is -0.326 e. The molecular weight excluding hydrogens is 266 g/mol. The van der Waals surface area contributed by atoms with Crippen LogP contribution < -0.4 is 5.73 Å². The number of benzene rings is 1. The van der Waals surface area contributed by atoms with Crippen LogP contribution >= 0.6 is 15.9 Å². The fourth-order valence-corrected chi connectivity index (χ4v) is 1.88. The summed E-state index contributed by atoms with van der Waals surface area (Å²) < 4.78 is 3.02. The van der Waals surface area contributed by atoms with Crippen LogP contribution in [0, 0.1) is 0 Å². The molecule has 4 heteroatoms. The minimum absolute atomic E-state index is 0.106. The zero-order valence-electron chi connectivity index (χ0n) is 9.10. The van der Waals surface area contributed by atoms with Crippen LogP contribution in [0.5, 0.6) is 0 Å². The highest BCUT2D eigenvalue weighted by Crippen LogP contribution is 2.21. The quantitative estimate of drug-likeness (QED) is 0.939. The van der Waals surface area contributed by atoms with Crippen molar-refractivity contribution in [3.8, 4) is 11.3 Å². The van der Waals surface area contributed by atoms with Crippen LogP contribution in [0.4, 0.5) is 0 Å². The summed E-state index contributed by atoms with van der Waals surface area (Å²) in [5.41, 5.74) is 8.04. The topological polar surface area (TPSA) is 43.8 Å². The standard InChI is InChI=1S/C12H14BrN3/c1-9(14)8-16-12(6-7-15-16)10-2-4-11(13)5-3-10/h2-7,9H,8,14H2,1H3. The molecule has 0 spiro atoms. The zero-order chi connectivity index (χ0) is 11.5. The van der Waals surface area contributed by atoms with Gasteiger partial charge >= 0.3 is 0 Å². The van der Waals surface area contributed by atoms with Crippen LogP contribution in [0.3, 0.4) is 0 Å². The number of rotatable bonds is 3. The van der Waals surface area contributed by atoms with Crippen LogP contribution in [0.2, 0.25) is 0 Å². The van der Waals surface area contributed by atoms with E-state index in [4.69, 9.17) is 5.73 Å². The molecule has 1 aromatic heterocycles. The predicted molar refractivity (Wildman–Crippen MR) is 69.0 cm³/mol. The molecule has 0 saturated heterocycles. The Hall–Kier alpha value is -1.13.